The molecule has 3 heterocycles. The van der Waals surface area contributed by atoms with Crippen molar-refractivity contribution in [2.45, 2.75) is 25.4 Å². The second-order valence-electron chi connectivity index (χ2n) is 7.99. The van der Waals surface area contributed by atoms with Crippen LogP contribution in [0.15, 0.2) is 91.3 Å². The number of aryl methyl sites for hydroxylation is 1. The van der Waals surface area contributed by atoms with Crippen molar-refractivity contribution in [1.82, 2.24) is 14.9 Å². The van der Waals surface area contributed by atoms with Crippen LogP contribution in [0.25, 0.3) is 5.69 Å². The first-order valence-corrected chi connectivity index (χ1v) is 11.5. The number of nitrogens with zero attached hydrogens (tertiary/aromatic N) is 3. The Kier molecular flexibility index (Phi) is 5.84. The molecule has 0 amide bonds. The standard InChI is InChI=1S/C27H26N4OS/c1-3-19-13-15-20(16-14-19)31-26(25(29-27(31)33)21-9-6-7-17-28-21)23-11-8-18-30(23)22-10-4-5-12-24(22)32-2/h4-18,25-26H,3H2,1-2H3,(H,29,33)/t25-,26+/m0/s1. The lowest BCUT2D eigenvalue weighted by molar-refractivity contribution is 0.412. The lowest BCUT2D eigenvalue weighted by Crippen LogP contribution is -2.30. The van der Waals surface area contributed by atoms with Gasteiger partial charge in [-0.25, -0.2) is 0 Å². The summed E-state index contributed by atoms with van der Waals surface area (Å²) >= 11 is 5.87. The van der Waals surface area contributed by atoms with Gasteiger partial charge in [0.2, 0.25) is 0 Å². The predicted octanol–water partition coefficient (Wildman–Crippen LogP) is 5.62. The number of para-hydroxylation sites is 2. The normalized spacial score (nSPS) is 17.8. The Morgan fingerprint density at radius 1 is 0.970 bits per heavy atom. The zero-order chi connectivity index (χ0) is 22.8. The van der Waals surface area contributed by atoms with Crippen molar-refractivity contribution >= 4 is 23.0 Å². The second-order valence-corrected chi connectivity index (χ2v) is 8.38. The fourth-order valence-corrected chi connectivity index (χ4v) is 4.85. The van der Waals surface area contributed by atoms with E-state index in [4.69, 9.17) is 17.0 Å². The Morgan fingerprint density at radius 2 is 1.76 bits per heavy atom. The number of rotatable bonds is 6. The van der Waals surface area contributed by atoms with Crippen LogP contribution in [-0.4, -0.2) is 21.8 Å². The number of pyridine rings is 1. The van der Waals surface area contributed by atoms with E-state index in [1.807, 2.05) is 42.6 Å². The smallest absolute Gasteiger partial charge is 0.174 e. The number of ether oxygens (including phenoxy) is 1. The number of hydrogen-bond acceptors (Lipinski definition) is 3. The van der Waals surface area contributed by atoms with Gasteiger partial charge < -0.3 is 19.5 Å². The molecule has 6 heteroatoms. The lowest BCUT2D eigenvalue weighted by atomic mass is 10.0. The highest BCUT2D eigenvalue weighted by Gasteiger charge is 2.42. The molecule has 1 fully saturated rings. The number of hydrogen-bond donors (Lipinski definition) is 1. The Hall–Kier alpha value is -3.64. The monoisotopic (exact) mass is 454 g/mol. The van der Waals surface area contributed by atoms with E-state index in [2.05, 4.69) is 75.4 Å². The summed E-state index contributed by atoms with van der Waals surface area (Å²) in [5.74, 6) is 0.816. The summed E-state index contributed by atoms with van der Waals surface area (Å²) in [6, 6.07) is 26.7. The second kappa shape index (κ2) is 9.08. The minimum absolute atomic E-state index is 0.0974. The molecule has 1 N–H and O–H groups in total. The molecule has 1 saturated heterocycles. The molecular formula is C27H26N4OS. The zero-order valence-electron chi connectivity index (χ0n) is 18.7. The van der Waals surface area contributed by atoms with Gasteiger partial charge in [0.25, 0.3) is 0 Å². The maximum absolute atomic E-state index is 5.87. The summed E-state index contributed by atoms with van der Waals surface area (Å²) in [4.78, 5) is 6.87. The van der Waals surface area contributed by atoms with Crippen LogP contribution in [0.3, 0.4) is 0 Å². The molecule has 5 nitrogen and oxygen atoms in total. The molecular weight excluding hydrogens is 428 g/mol. The van der Waals surface area contributed by atoms with E-state index in [1.165, 1.54) is 5.56 Å². The number of anilines is 1. The quantitative estimate of drug-likeness (QED) is 0.383. The summed E-state index contributed by atoms with van der Waals surface area (Å²) < 4.78 is 7.85. The van der Waals surface area contributed by atoms with Gasteiger partial charge in [0.1, 0.15) is 11.8 Å². The van der Waals surface area contributed by atoms with Gasteiger partial charge in [-0.1, -0.05) is 37.3 Å². The fourth-order valence-electron chi connectivity index (χ4n) is 4.51. The van der Waals surface area contributed by atoms with Crippen LogP contribution in [0, 0.1) is 0 Å². The summed E-state index contributed by atoms with van der Waals surface area (Å²) in [7, 11) is 1.70. The lowest BCUT2D eigenvalue weighted by Gasteiger charge is -2.29. The molecule has 0 unspecified atom stereocenters. The topological polar surface area (TPSA) is 42.3 Å². The van der Waals surface area contributed by atoms with Crippen LogP contribution in [0.5, 0.6) is 5.75 Å². The van der Waals surface area contributed by atoms with Crippen molar-refractivity contribution in [2.24, 2.45) is 0 Å². The van der Waals surface area contributed by atoms with Crippen LogP contribution < -0.4 is 15.0 Å². The molecule has 0 aliphatic carbocycles. The summed E-state index contributed by atoms with van der Waals surface area (Å²) in [6.07, 6.45) is 4.90. The van der Waals surface area contributed by atoms with Gasteiger partial charge in [-0.2, -0.15) is 0 Å². The average Bonchev–Trinajstić information content (AvgIpc) is 3.48. The Labute approximate surface area is 199 Å². The van der Waals surface area contributed by atoms with Crippen molar-refractivity contribution in [3.05, 3.63) is 108 Å². The SMILES string of the molecule is CCc1ccc(N2C(=S)N[C@@H](c3ccccn3)[C@H]2c2cccn2-c2ccccc2OC)cc1. The highest BCUT2D eigenvalue weighted by Crippen LogP contribution is 2.42. The number of nitrogens with one attached hydrogen (secondary N) is 1. The molecule has 2 aromatic heterocycles. The molecule has 1 aliphatic rings. The predicted molar refractivity (Wildman–Crippen MR) is 136 cm³/mol. The van der Waals surface area contributed by atoms with Gasteiger partial charge in [-0.05, 0) is 72.7 Å². The van der Waals surface area contributed by atoms with Crippen molar-refractivity contribution in [2.75, 3.05) is 12.0 Å². The third-order valence-electron chi connectivity index (χ3n) is 6.15. The molecule has 5 rings (SSSR count). The van der Waals surface area contributed by atoms with Gasteiger partial charge in [-0.3, -0.25) is 4.98 Å². The number of thiocarbonyl (C=S) groups is 1. The van der Waals surface area contributed by atoms with Crippen LogP contribution in [0.4, 0.5) is 5.69 Å². The van der Waals surface area contributed by atoms with E-state index >= 15 is 0 Å². The van der Waals surface area contributed by atoms with E-state index in [0.717, 1.165) is 34.9 Å². The molecule has 4 aromatic rings. The van der Waals surface area contributed by atoms with Crippen molar-refractivity contribution in [3.63, 3.8) is 0 Å². The molecule has 1 aliphatic heterocycles. The third-order valence-corrected chi connectivity index (χ3v) is 6.46. The third kappa shape index (κ3) is 3.87. The van der Waals surface area contributed by atoms with Crippen LogP contribution in [0.1, 0.15) is 36.0 Å². The molecule has 33 heavy (non-hydrogen) atoms. The highest BCUT2D eigenvalue weighted by atomic mass is 32.1. The Morgan fingerprint density at radius 3 is 2.48 bits per heavy atom. The van der Waals surface area contributed by atoms with E-state index < -0.39 is 0 Å². The van der Waals surface area contributed by atoms with Gasteiger partial charge in [0, 0.05) is 23.8 Å². The van der Waals surface area contributed by atoms with Gasteiger partial charge in [-0.15, -0.1) is 0 Å². The Bertz CT molecular complexity index is 1250. The highest BCUT2D eigenvalue weighted by molar-refractivity contribution is 7.80. The summed E-state index contributed by atoms with van der Waals surface area (Å²) in [6.45, 7) is 2.16. The minimum Gasteiger partial charge on any atom is -0.495 e. The first kappa shape index (κ1) is 21.2. The van der Waals surface area contributed by atoms with Crippen molar-refractivity contribution < 1.29 is 4.74 Å². The van der Waals surface area contributed by atoms with Crippen LogP contribution >= 0.6 is 12.2 Å². The van der Waals surface area contributed by atoms with Gasteiger partial charge >= 0.3 is 0 Å². The Balaban J connectivity index is 1.66. The molecule has 0 radical (unpaired) electrons. The van der Waals surface area contributed by atoms with Crippen LogP contribution in [0.2, 0.25) is 0 Å². The van der Waals surface area contributed by atoms with Crippen molar-refractivity contribution in [3.8, 4) is 11.4 Å². The molecule has 0 saturated carbocycles. The van der Waals surface area contributed by atoms with E-state index in [9.17, 15) is 0 Å². The molecule has 2 aromatic carbocycles. The average molecular weight is 455 g/mol. The summed E-state index contributed by atoms with van der Waals surface area (Å²) in [5, 5.41) is 4.23. The summed E-state index contributed by atoms with van der Waals surface area (Å²) in [5.41, 5.74) is 5.39. The maximum atomic E-state index is 5.87. The van der Waals surface area contributed by atoms with E-state index in [0.29, 0.717) is 5.11 Å². The van der Waals surface area contributed by atoms with Gasteiger partial charge in [0.15, 0.2) is 5.11 Å². The molecule has 0 spiro atoms. The van der Waals surface area contributed by atoms with Crippen LogP contribution in [-0.2, 0) is 6.42 Å². The van der Waals surface area contributed by atoms with Gasteiger partial charge in [0.05, 0.1) is 24.5 Å². The largest absolute Gasteiger partial charge is 0.495 e. The number of benzene rings is 2. The molecule has 2 atom stereocenters. The number of aromatic nitrogens is 2. The first-order chi connectivity index (χ1) is 16.2. The van der Waals surface area contributed by atoms with Crippen molar-refractivity contribution in [1.29, 1.82) is 0 Å². The van der Waals surface area contributed by atoms with E-state index in [1.54, 1.807) is 7.11 Å². The fraction of sp³-hybridized carbons (Fsp3) is 0.185. The zero-order valence-corrected chi connectivity index (χ0v) is 19.5. The minimum atomic E-state index is -0.104. The first-order valence-electron chi connectivity index (χ1n) is 11.1. The molecule has 166 valence electrons. The molecule has 0 bridgehead atoms. The maximum Gasteiger partial charge on any atom is 0.174 e. The van der Waals surface area contributed by atoms with E-state index in [-0.39, 0.29) is 12.1 Å². The number of methoxy groups -OCH3 is 1.